The highest BCUT2D eigenvalue weighted by atomic mass is 16.5. The maximum Gasteiger partial charge on any atom is 0.0642 e. The van der Waals surface area contributed by atoms with Gasteiger partial charge in [0.2, 0.25) is 0 Å². The average molecular weight is 219 g/mol. The lowest BCUT2D eigenvalue weighted by Gasteiger charge is -2.31. The van der Waals surface area contributed by atoms with Crippen molar-refractivity contribution in [3.63, 3.8) is 0 Å². The van der Waals surface area contributed by atoms with E-state index >= 15 is 0 Å². The lowest BCUT2D eigenvalue weighted by Crippen LogP contribution is -2.36. The molecule has 0 amide bonds. The summed E-state index contributed by atoms with van der Waals surface area (Å²) in [4.78, 5) is 2.45. The zero-order valence-corrected chi connectivity index (χ0v) is 10.3. The molecule has 1 unspecified atom stereocenters. The molecule has 0 saturated carbocycles. The molecule has 1 heterocycles. The van der Waals surface area contributed by atoms with Crippen molar-refractivity contribution in [3.05, 3.63) is 29.8 Å². The van der Waals surface area contributed by atoms with E-state index in [1.807, 2.05) is 0 Å². The molecule has 1 aliphatic heterocycles. The molecule has 16 heavy (non-hydrogen) atoms. The zero-order valence-electron chi connectivity index (χ0n) is 10.3. The Hall–Kier alpha value is -1.02. The Bertz CT molecular complexity index is 331. The van der Waals surface area contributed by atoms with Crippen LogP contribution in [-0.4, -0.2) is 26.3 Å². The molecule has 1 fully saturated rings. The number of anilines is 1. The molecule has 0 spiro atoms. The second kappa shape index (κ2) is 5.35. The van der Waals surface area contributed by atoms with E-state index in [4.69, 9.17) is 4.74 Å². The van der Waals surface area contributed by atoms with Gasteiger partial charge in [-0.1, -0.05) is 32.0 Å². The number of ether oxygens (including phenoxy) is 1. The molecule has 1 aromatic rings. The first kappa shape index (κ1) is 11.5. The van der Waals surface area contributed by atoms with Crippen LogP contribution >= 0.6 is 0 Å². The van der Waals surface area contributed by atoms with E-state index in [1.165, 1.54) is 17.7 Å². The number of rotatable bonds is 3. The molecule has 1 atom stereocenters. The average Bonchev–Trinajstić information content (AvgIpc) is 2.39. The SMILES string of the molecule is CCC(C)c1ccccc1N1CCOCC1. The third-order valence-corrected chi connectivity index (χ3v) is 3.43. The van der Waals surface area contributed by atoms with Crippen molar-refractivity contribution in [3.8, 4) is 0 Å². The molecule has 2 heteroatoms. The number of nitrogens with zero attached hydrogens (tertiary/aromatic N) is 1. The number of benzene rings is 1. The fourth-order valence-electron chi connectivity index (χ4n) is 2.22. The van der Waals surface area contributed by atoms with Crippen LogP contribution < -0.4 is 4.90 Å². The van der Waals surface area contributed by atoms with E-state index in [-0.39, 0.29) is 0 Å². The third-order valence-electron chi connectivity index (χ3n) is 3.43. The smallest absolute Gasteiger partial charge is 0.0642 e. The zero-order chi connectivity index (χ0) is 11.4. The van der Waals surface area contributed by atoms with E-state index in [0.29, 0.717) is 5.92 Å². The monoisotopic (exact) mass is 219 g/mol. The van der Waals surface area contributed by atoms with E-state index < -0.39 is 0 Å². The predicted molar refractivity (Wildman–Crippen MR) is 68.2 cm³/mol. The highest BCUT2D eigenvalue weighted by Crippen LogP contribution is 2.29. The van der Waals surface area contributed by atoms with Gasteiger partial charge in [-0.15, -0.1) is 0 Å². The normalized spacial score (nSPS) is 18.5. The minimum Gasteiger partial charge on any atom is -0.378 e. The van der Waals surface area contributed by atoms with Gasteiger partial charge >= 0.3 is 0 Å². The van der Waals surface area contributed by atoms with Crippen LogP contribution in [0.3, 0.4) is 0 Å². The number of hydrogen-bond donors (Lipinski definition) is 0. The van der Waals surface area contributed by atoms with Crippen molar-refractivity contribution in [2.75, 3.05) is 31.2 Å². The van der Waals surface area contributed by atoms with Crippen molar-refractivity contribution < 1.29 is 4.74 Å². The van der Waals surface area contributed by atoms with Crippen molar-refractivity contribution in [1.29, 1.82) is 0 Å². The van der Waals surface area contributed by atoms with Crippen LogP contribution in [0.5, 0.6) is 0 Å². The summed E-state index contributed by atoms with van der Waals surface area (Å²) in [6.07, 6.45) is 1.20. The van der Waals surface area contributed by atoms with Gasteiger partial charge < -0.3 is 9.64 Å². The topological polar surface area (TPSA) is 12.5 Å². The summed E-state index contributed by atoms with van der Waals surface area (Å²) < 4.78 is 5.41. The molecule has 0 bridgehead atoms. The summed E-state index contributed by atoms with van der Waals surface area (Å²) in [5.41, 5.74) is 2.88. The fourth-order valence-corrected chi connectivity index (χ4v) is 2.22. The van der Waals surface area contributed by atoms with Gasteiger partial charge in [0.15, 0.2) is 0 Å². The van der Waals surface area contributed by atoms with Crippen LogP contribution in [0.25, 0.3) is 0 Å². The molecule has 1 aromatic carbocycles. The van der Waals surface area contributed by atoms with Gasteiger partial charge in [-0.3, -0.25) is 0 Å². The third kappa shape index (κ3) is 2.38. The van der Waals surface area contributed by atoms with Gasteiger partial charge in [0.25, 0.3) is 0 Å². The maximum absolute atomic E-state index is 5.41. The summed E-state index contributed by atoms with van der Waals surface area (Å²) in [5, 5.41) is 0. The van der Waals surface area contributed by atoms with Crippen molar-refractivity contribution in [1.82, 2.24) is 0 Å². The van der Waals surface area contributed by atoms with Gasteiger partial charge in [-0.05, 0) is 24.0 Å². The van der Waals surface area contributed by atoms with E-state index in [2.05, 4.69) is 43.0 Å². The van der Waals surface area contributed by atoms with Crippen molar-refractivity contribution in [2.24, 2.45) is 0 Å². The molecule has 1 aliphatic rings. The second-order valence-corrected chi connectivity index (χ2v) is 4.47. The molecule has 0 aromatic heterocycles. The van der Waals surface area contributed by atoms with Crippen LogP contribution in [0.4, 0.5) is 5.69 Å². The van der Waals surface area contributed by atoms with Crippen LogP contribution in [0, 0.1) is 0 Å². The highest BCUT2D eigenvalue weighted by molar-refractivity contribution is 5.55. The lowest BCUT2D eigenvalue weighted by atomic mass is 9.96. The Morgan fingerprint density at radius 2 is 1.94 bits per heavy atom. The van der Waals surface area contributed by atoms with E-state index in [1.54, 1.807) is 0 Å². The summed E-state index contributed by atoms with van der Waals surface area (Å²) in [7, 11) is 0. The highest BCUT2D eigenvalue weighted by Gasteiger charge is 2.16. The summed E-state index contributed by atoms with van der Waals surface area (Å²) in [6.45, 7) is 8.31. The molecule has 2 rings (SSSR count). The number of hydrogen-bond acceptors (Lipinski definition) is 2. The second-order valence-electron chi connectivity index (χ2n) is 4.47. The van der Waals surface area contributed by atoms with Gasteiger partial charge in [-0.2, -0.15) is 0 Å². The first-order chi connectivity index (χ1) is 7.83. The molecule has 0 aliphatic carbocycles. The minimum absolute atomic E-state index is 0.638. The molecular weight excluding hydrogens is 198 g/mol. The molecule has 2 nitrogen and oxygen atoms in total. The Morgan fingerprint density at radius 1 is 1.25 bits per heavy atom. The molecule has 0 radical (unpaired) electrons. The van der Waals surface area contributed by atoms with Crippen molar-refractivity contribution in [2.45, 2.75) is 26.2 Å². The van der Waals surface area contributed by atoms with E-state index in [9.17, 15) is 0 Å². The first-order valence-corrected chi connectivity index (χ1v) is 6.24. The first-order valence-electron chi connectivity index (χ1n) is 6.24. The lowest BCUT2D eigenvalue weighted by molar-refractivity contribution is 0.122. The minimum atomic E-state index is 0.638. The Kier molecular flexibility index (Phi) is 3.83. The maximum atomic E-state index is 5.41. The summed E-state index contributed by atoms with van der Waals surface area (Å²) >= 11 is 0. The van der Waals surface area contributed by atoms with Crippen LogP contribution in [0.15, 0.2) is 24.3 Å². The van der Waals surface area contributed by atoms with Gasteiger partial charge in [-0.25, -0.2) is 0 Å². The summed E-state index contributed by atoms with van der Waals surface area (Å²) in [6, 6.07) is 8.79. The number of para-hydroxylation sites is 1. The van der Waals surface area contributed by atoms with Crippen LogP contribution in [0.1, 0.15) is 31.7 Å². The fraction of sp³-hybridized carbons (Fsp3) is 0.571. The standard InChI is InChI=1S/C14H21NO/c1-3-12(2)13-6-4-5-7-14(13)15-8-10-16-11-9-15/h4-7,12H,3,8-11H2,1-2H3. The Morgan fingerprint density at radius 3 is 2.62 bits per heavy atom. The van der Waals surface area contributed by atoms with Gasteiger partial charge in [0, 0.05) is 18.8 Å². The van der Waals surface area contributed by atoms with Gasteiger partial charge in [0.05, 0.1) is 13.2 Å². The molecule has 88 valence electrons. The van der Waals surface area contributed by atoms with Crippen LogP contribution in [-0.2, 0) is 4.74 Å². The quantitative estimate of drug-likeness (QED) is 0.774. The summed E-state index contributed by atoms with van der Waals surface area (Å²) in [5.74, 6) is 0.638. The Balaban J connectivity index is 2.24. The van der Waals surface area contributed by atoms with Crippen molar-refractivity contribution >= 4 is 5.69 Å². The molecular formula is C14H21NO. The molecule has 0 N–H and O–H groups in total. The van der Waals surface area contributed by atoms with E-state index in [0.717, 1.165) is 26.3 Å². The van der Waals surface area contributed by atoms with Crippen LogP contribution in [0.2, 0.25) is 0 Å². The predicted octanol–water partition coefficient (Wildman–Crippen LogP) is 3.04. The van der Waals surface area contributed by atoms with Gasteiger partial charge in [0.1, 0.15) is 0 Å². The Labute approximate surface area is 98.2 Å². The molecule has 1 saturated heterocycles. The largest absolute Gasteiger partial charge is 0.378 e. The number of morpholine rings is 1.